The number of carbonyl (C=O) groups is 1. The molecule has 130 valence electrons. The number of thioether (sulfide) groups is 1. The molecule has 0 radical (unpaired) electrons. The number of aromatic nitrogens is 1. The Balaban J connectivity index is 1.69. The van der Waals surface area contributed by atoms with Crippen LogP contribution in [0.4, 0.5) is 11.5 Å². The van der Waals surface area contributed by atoms with Crippen molar-refractivity contribution in [2.75, 3.05) is 11.1 Å². The molecule has 2 aromatic rings. The first kappa shape index (κ1) is 17.4. The minimum Gasteiger partial charge on any atom is -0.476 e. The lowest BCUT2D eigenvalue weighted by Crippen LogP contribution is -2.24. The van der Waals surface area contributed by atoms with Crippen molar-refractivity contribution >= 4 is 29.2 Å². The Labute approximate surface area is 151 Å². The molecule has 0 bridgehead atoms. The number of anilines is 2. The zero-order valence-electron chi connectivity index (χ0n) is 14.5. The molecule has 0 saturated heterocycles. The molecule has 0 spiro atoms. The van der Waals surface area contributed by atoms with Crippen LogP contribution in [0.5, 0.6) is 5.75 Å². The monoisotopic (exact) mass is 355 g/mol. The number of rotatable bonds is 4. The van der Waals surface area contributed by atoms with Gasteiger partial charge in [0.25, 0.3) is 5.91 Å². The van der Waals surface area contributed by atoms with Gasteiger partial charge in [0.1, 0.15) is 11.6 Å². The lowest BCUT2D eigenvalue weighted by atomic mass is 10.1. The number of nitrogens with one attached hydrogen (secondary N) is 1. The first-order valence-electron chi connectivity index (χ1n) is 8.03. The molecule has 0 fully saturated rings. The molecule has 1 unspecified atom stereocenters. The molecule has 1 amide bonds. The van der Waals surface area contributed by atoms with Crippen molar-refractivity contribution in [3.05, 3.63) is 58.6 Å². The maximum Gasteiger partial charge on any atom is 0.259 e. The van der Waals surface area contributed by atoms with E-state index in [0.29, 0.717) is 11.3 Å². The van der Waals surface area contributed by atoms with Gasteiger partial charge in [0.2, 0.25) is 0 Å². The SMILES string of the molecule is Cc1cc(C(=O)Nc2ccc(OC3(C)CC=CS3)cc2)c(N)nc1C. The minimum absolute atomic E-state index is 0.235. The van der Waals surface area contributed by atoms with Crippen LogP contribution in [0.15, 0.2) is 41.8 Å². The molecule has 0 saturated carbocycles. The van der Waals surface area contributed by atoms with Crippen molar-refractivity contribution in [1.82, 2.24) is 4.98 Å². The molecule has 1 aromatic heterocycles. The van der Waals surface area contributed by atoms with E-state index in [9.17, 15) is 4.79 Å². The number of carbonyl (C=O) groups excluding carboxylic acids is 1. The molecule has 1 aliphatic rings. The molecule has 1 aliphatic heterocycles. The van der Waals surface area contributed by atoms with Gasteiger partial charge in [-0.2, -0.15) is 0 Å². The Morgan fingerprint density at radius 3 is 2.68 bits per heavy atom. The van der Waals surface area contributed by atoms with Gasteiger partial charge in [0.15, 0.2) is 4.93 Å². The lowest BCUT2D eigenvalue weighted by Gasteiger charge is -2.24. The second kappa shape index (κ2) is 6.80. The normalized spacial score (nSPS) is 19.0. The van der Waals surface area contributed by atoms with Gasteiger partial charge >= 0.3 is 0 Å². The number of nitrogen functional groups attached to an aromatic ring is 1. The van der Waals surface area contributed by atoms with Crippen LogP contribution in [0, 0.1) is 13.8 Å². The summed E-state index contributed by atoms with van der Waals surface area (Å²) >= 11 is 1.66. The maximum atomic E-state index is 12.4. The van der Waals surface area contributed by atoms with Crippen LogP contribution >= 0.6 is 11.8 Å². The van der Waals surface area contributed by atoms with E-state index in [1.807, 2.05) is 38.1 Å². The third kappa shape index (κ3) is 3.96. The van der Waals surface area contributed by atoms with E-state index in [1.54, 1.807) is 17.8 Å². The van der Waals surface area contributed by atoms with E-state index >= 15 is 0 Å². The van der Waals surface area contributed by atoms with Crippen molar-refractivity contribution in [2.45, 2.75) is 32.1 Å². The number of hydrogen-bond acceptors (Lipinski definition) is 5. The van der Waals surface area contributed by atoms with Gasteiger partial charge in [0.05, 0.1) is 5.56 Å². The number of benzene rings is 1. The summed E-state index contributed by atoms with van der Waals surface area (Å²) in [5, 5.41) is 4.90. The van der Waals surface area contributed by atoms with Crippen molar-refractivity contribution in [2.24, 2.45) is 0 Å². The van der Waals surface area contributed by atoms with Gasteiger partial charge in [-0.25, -0.2) is 4.98 Å². The van der Waals surface area contributed by atoms with Crippen LogP contribution < -0.4 is 15.8 Å². The predicted octanol–water partition coefficient (Wildman–Crippen LogP) is 4.28. The number of aryl methyl sites for hydroxylation is 2. The first-order valence-corrected chi connectivity index (χ1v) is 8.91. The highest BCUT2D eigenvalue weighted by molar-refractivity contribution is 8.03. The quantitative estimate of drug-likeness (QED) is 0.856. The summed E-state index contributed by atoms with van der Waals surface area (Å²) in [5.41, 5.74) is 8.68. The van der Waals surface area contributed by atoms with E-state index in [2.05, 4.69) is 28.7 Å². The van der Waals surface area contributed by atoms with E-state index < -0.39 is 0 Å². The Hall–Kier alpha value is -2.47. The first-order chi connectivity index (χ1) is 11.9. The number of hydrogen-bond donors (Lipinski definition) is 2. The summed E-state index contributed by atoms with van der Waals surface area (Å²) in [5.74, 6) is 0.729. The summed E-state index contributed by atoms with van der Waals surface area (Å²) in [4.78, 5) is 16.4. The summed E-state index contributed by atoms with van der Waals surface area (Å²) in [6.07, 6.45) is 2.97. The lowest BCUT2D eigenvalue weighted by molar-refractivity contribution is 0.102. The van der Waals surface area contributed by atoms with Gasteiger partial charge in [-0.15, -0.1) is 0 Å². The number of ether oxygens (including phenoxy) is 1. The molecule has 0 aliphatic carbocycles. The van der Waals surface area contributed by atoms with Gasteiger partial charge in [-0.05, 0) is 62.1 Å². The highest BCUT2D eigenvalue weighted by Crippen LogP contribution is 2.38. The zero-order chi connectivity index (χ0) is 18.0. The van der Waals surface area contributed by atoms with Crippen LogP contribution in [0.25, 0.3) is 0 Å². The van der Waals surface area contributed by atoms with E-state index in [-0.39, 0.29) is 16.7 Å². The van der Waals surface area contributed by atoms with Gasteiger partial charge < -0.3 is 15.8 Å². The maximum absolute atomic E-state index is 12.4. The van der Waals surface area contributed by atoms with Gasteiger partial charge in [-0.3, -0.25) is 4.79 Å². The summed E-state index contributed by atoms with van der Waals surface area (Å²) < 4.78 is 6.01. The molecule has 3 rings (SSSR count). The molecule has 6 heteroatoms. The highest BCUT2D eigenvalue weighted by atomic mass is 32.2. The van der Waals surface area contributed by atoms with E-state index in [1.165, 1.54) is 0 Å². The van der Waals surface area contributed by atoms with Crippen molar-refractivity contribution < 1.29 is 9.53 Å². The third-order valence-corrected chi connectivity index (χ3v) is 5.17. The Kier molecular flexibility index (Phi) is 4.72. The molecule has 3 N–H and O–H groups in total. The Morgan fingerprint density at radius 2 is 2.04 bits per heavy atom. The third-order valence-electron chi connectivity index (χ3n) is 4.09. The molecular weight excluding hydrogens is 334 g/mol. The highest BCUT2D eigenvalue weighted by Gasteiger charge is 2.28. The number of nitrogens with two attached hydrogens (primary N) is 1. The fourth-order valence-corrected chi connectivity index (χ4v) is 3.35. The molecular formula is C19H21N3O2S. The molecule has 1 aromatic carbocycles. The van der Waals surface area contributed by atoms with E-state index in [4.69, 9.17) is 10.5 Å². The Bertz CT molecular complexity index is 823. The topological polar surface area (TPSA) is 77.2 Å². The van der Waals surface area contributed by atoms with Crippen molar-refractivity contribution in [3.8, 4) is 5.75 Å². The smallest absolute Gasteiger partial charge is 0.259 e. The van der Waals surface area contributed by atoms with Crippen molar-refractivity contribution in [3.63, 3.8) is 0 Å². The number of nitrogens with zero attached hydrogens (tertiary/aromatic N) is 1. The van der Waals surface area contributed by atoms with E-state index in [0.717, 1.165) is 23.4 Å². The van der Waals surface area contributed by atoms with Crippen LogP contribution in [0.1, 0.15) is 35.0 Å². The zero-order valence-corrected chi connectivity index (χ0v) is 15.3. The fourth-order valence-electron chi connectivity index (χ4n) is 2.53. The molecule has 5 nitrogen and oxygen atoms in total. The summed E-state index contributed by atoms with van der Waals surface area (Å²) in [7, 11) is 0. The van der Waals surface area contributed by atoms with Crippen LogP contribution in [-0.2, 0) is 0 Å². The minimum atomic E-state index is -0.274. The average molecular weight is 355 g/mol. The Morgan fingerprint density at radius 1 is 1.32 bits per heavy atom. The molecule has 1 atom stereocenters. The molecule has 25 heavy (non-hydrogen) atoms. The molecule has 2 heterocycles. The second-order valence-corrected chi connectivity index (χ2v) is 7.60. The van der Waals surface area contributed by atoms with Crippen LogP contribution in [0.2, 0.25) is 0 Å². The average Bonchev–Trinajstić information content (AvgIpc) is 2.99. The summed E-state index contributed by atoms with van der Waals surface area (Å²) in [6.45, 7) is 5.83. The van der Waals surface area contributed by atoms with Gasteiger partial charge in [-0.1, -0.05) is 17.8 Å². The van der Waals surface area contributed by atoms with Crippen LogP contribution in [-0.4, -0.2) is 15.8 Å². The number of pyridine rings is 1. The fraction of sp³-hybridized carbons (Fsp3) is 0.263. The van der Waals surface area contributed by atoms with Crippen LogP contribution in [0.3, 0.4) is 0 Å². The predicted molar refractivity (Wildman–Crippen MR) is 103 cm³/mol. The number of amides is 1. The standard InChI is InChI=1S/C19H21N3O2S/c1-12-11-16(17(20)21-13(12)2)18(23)22-14-5-7-15(8-6-14)24-19(3)9-4-10-25-19/h4-8,10-11H,9H2,1-3H3,(H2,20,21)(H,22,23). The second-order valence-electron chi connectivity index (χ2n) is 6.23. The van der Waals surface area contributed by atoms with Gasteiger partial charge in [0, 0.05) is 17.8 Å². The summed E-state index contributed by atoms with van der Waals surface area (Å²) in [6, 6.07) is 9.09. The van der Waals surface area contributed by atoms with Crippen molar-refractivity contribution in [1.29, 1.82) is 0 Å². The largest absolute Gasteiger partial charge is 0.476 e.